The van der Waals surface area contributed by atoms with Crippen LogP contribution >= 0.6 is 0 Å². The molecule has 0 unspecified atom stereocenters. The molecule has 0 aliphatic heterocycles. The average Bonchev–Trinajstić information content (AvgIpc) is 3.05. The molecule has 6 nitrogen and oxygen atoms in total. The molecular weight excluding hydrogens is 390 g/mol. The van der Waals surface area contributed by atoms with Crippen molar-refractivity contribution in [1.29, 1.82) is 5.26 Å². The van der Waals surface area contributed by atoms with Crippen molar-refractivity contribution in [3.05, 3.63) is 88.2 Å². The minimum Gasteiger partial charge on any atom is -0.465 e. The minimum atomic E-state index is -0.469. The maximum absolute atomic E-state index is 12.6. The largest absolute Gasteiger partial charge is 0.465 e. The Morgan fingerprint density at radius 1 is 1.06 bits per heavy atom. The highest BCUT2D eigenvalue weighted by molar-refractivity contribution is 6.09. The van der Waals surface area contributed by atoms with Crippen molar-refractivity contribution in [3.63, 3.8) is 0 Å². The first-order chi connectivity index (χ1) is 14.8. The van der Waals surface area contributed by atoms with Crippen LogP contribution in [0, 0.1) is 32.1 Å². The number of anilines is 1. The number of aromatic nitrogens is 1. The molecule has 1 N–H and O–H groups in total. The molecule has 0 atom stereocenters. The van der Waals surface area contributed by atoms with Crippen molar-refractivity contribution in [1.82, 2.24) is 4.57 Å². The van der Waals surface area contributed by atoms with Crippen LogP contribution in [-0.2, 0) is 9.53 Å². The molecule has 0 fully saturated rings. The minimum absolute atomic E-state index is 0.00383. The van der Waals surface area contributed by atoms with Gasteiger partial charge in [-0.2, -0.15) is 5.26 Å². The fourth-order valence-corrected chi connectivity index (χ4v) is 3.36. The first-order valence-corrected chi connectivity index (χ1v) is 9.71. The van der Waals surface area contributed by atoms with E-state index in [2.05, 4.69) is 5.32 Å². The van der Waals surface area contributed by atoms with Crippen LogP contribution in [0.15, 0.2) is 60.2 Å². The molecule has 0 spiro atoms. The number of nitrogens with one attached hydrogen (secondary N) is 1. The van der Waals surface area contributed by atoms with Crippen molar-refractivity contribution in [2.24, 2.45) is 0 Å². The second-order valence-corrected chi connectivity index (χ2v) is 7.19. The summed E-state index contributed by atoms with van der Waals surface area (Å²) in [4.78, 5) is 24.5. The van der Waals surface area contributed by atoms with Gasteiger partial charge in [-0.25, -0.2) is 4.79 Å². The lowest BCUT2D eigenvalue weighted by Crippen LogP contribution is -2.13. The number of benzene rings is 2. The number of amides is 1. The molecule has 0 saturated heterocycles. The van der Waals surface area contributed by atoms with E-state index in [1.165, 1.54) is 7.11 Å². The van der Waals surface area contributed by atoms with E-state index in [0.717, 1.165) is 28.2 Å². The van der Waals surface area contributed by atoms with Gasteiger partial charge in [-0.05, 0) is 68.8 Å². The normalized spacial score (nSPS) is 11.0. The first kappa shape index (κ1) is 21.6. The summed E-state index contributed by atoms with van der Waals surface area (Å²) >= 11 is 0. The summed E-state index contributed by atoms with van der Waals surface area (Å²) in [5.74, 6) is -0.882. The monoisotopic (exact) mass is 413 g/mol. The zero-order valence-electron chi connectivity index (χ0n) is 17.9. The molecule has 6 heteroatoms. The Bertz CT molecular complexity index is 1210. The average molecular weight is 413 g/mol. The Kier molecular flexibility index (Phi) is 6.37. The van der Waals surface area contributed by atoms with Crippen LogP contribution in [0.25, 0.3) is 11.8 Å². The number of nitriles is 1. The second-order valence-electron chi connectivity index (χ2n) is 7.19. The van der Waals surface area contributed by atoms with Gasteiger partial charge in [0.2, 0.25) is 0 Å². The van der Waals surface area contributed by atoms with Gasteiger partial charge in [0.15, 0.2) is 0 Å². The van der Waals surface area contributed by atoms with E-state index in [4.69, 9.17) is 4.74 Å². The van der Waals surface area contributed by atoms with Gasteiger partial charge in [0, 0.05) is 22.8 Å². The van der Waals surface area contributed by atoms with Gasteiger partial charge in [0.1, 0.15) is 11.6 Å². The highest BCUT2D eigenvalue weighted by Crippen LogP contribution is 2.24. The lowest BCUT2D eigenvalue weighted by molar-refractivity contribution is -0.112. The summed E-state index contributed by atoms with van der Waals surface area (Å²) in [5, 5.41) is 12.3. The number of rotatable bonds is 5. The number of hydrogen-bond acceptors (Lipinski definition) is 4. The third-order valence-electron chi connectivity index (χ3n) is 4.97. The van der Waals surface area contributed by atoms with Crippen molar-refractivity contribution >= 4 is 23.6 Å². The van der Waals surface area contributed by atoms with Gasteiger partial charge in [-0.1, -0.05) is 23.8 Å². The Hall–Kier alpha value is -4.11. The predicted molar refractivity (Wildman–Crippen MR) is 120 cm³/mol. The summed E-state index contributed by atoms with van der Waals surface area (Å²) in [6, 6.07) is 18.4. The second kappa shape index (κ2) is 9.14. The topological polar surface area (TPSA) is 84.1 Å². The molecule has 1 amide bonds. The first-order valence-electron chi connectivity index (χ1n) is 9.71. The van der Waals surface area contributed by atoms with Crippen molar-refractivity contribution in [2.45, 2.75) is 20.8 Å². The Labute approximate surface area is 181 Å². The molecule has 3 rings (SSSR count). The highest BCUT2D eigenvalue weighted by Gasteiger charge is 2.15. The molecule has 31 heavy (non-hydrogen) atoms. The van der Waals surface area contributed by atoms with E-state index < -0.39 is 11.9 Å². The Morgan fingerprint density at radius 3 is 2.42 bits per heavy atom. The van der Waals surface area contributed by atoms with Crippen LogP contribution in [0.4, 0.5) is 5.69 Å². The van der Waals surface area contributed by atoms with Crippen LogP contribution in [0.3, 0.4) is 0 Å². The Balaban J connectivity index is 1.94. The van der Waals surface area contributed by atoms with Crippen LogP contribution < -0.4 is 5.32 Å². The van der Waals surface area contributed by atoms with E-state index >= 15 is 0 Å². The van der Waals surface area contributed by atoms with Gasteiger partial charge in [0.25, 0.3) is 5.91 Å². The molecule has 0 aliphatic rings. The zero-order valence-corrected chi connectivity index (χ0v) is 17.9. The van der Waals surface area contributed by atoms with Crippen LogP contribution in [0.2, 0.25) is 0 Å². The molecule has 0 bridgehead atoms. The van der Waals surface area contributed by atoms with Crippen molar-refractivity contribution in [3.8, 4) is 11.8 Å². The van der Waals surface area contributed by atoms with Gasteiger partial charge >= 0.3 is 5.97 Å². The van der Waals surface area contributed by atoms with E-state index in [1.807, 2.05) is 55.7 Å². The SMILES string of the molecule is COC(=O)c1cccc(-n2c(C)cc(/C=C(/C#N)C(=O)Nc3ccc(C)cc3)c2C)c1. The molecule has 2 aromatic carbocycles. The molecule has 0 radical (unpaired) electrons. The number of hydrogen-bond donors (Lipinski definition) is 1. The standard InChI is InChI=1S/C25H23N3O3/c1-16-8-10-22(11-9-16)27-24(29)21(15-26)13-20-12-17(2)28(18(20)3)23-7-5-6-19(14-23)25(30)31-4/h5-14H,1-4H3,(H,27,29)/b21-13-. The summed E-state index contributed by atoms with van der Waals surface area (Å²) in [5.41, 5.74) is 5.44. The number of carbonyl (C=O) groups excluding carboxylic acids is 2. The third kappa shape index (κ3) is 4.73. The summed E-state index contributed by atoms with van der Waals surface area (Å²) in [6.07, 6.45) is 1.58. The number of aryl methyl sites for hydroxylation is 2. The highest BCUT2D eigenvalue weighted by atomic mass is 16.5. The number of nitrogens with zero attached hydrogens (tertiary/aromatic N) is 2. The van der Waals surface area contributed by atoms with E-state index in [1.54, 1.807) is 36.4 Å². The molecule has 0 saturated carbocycles. The molecule has 1 heterocycles. The number of carbonyl (C=O) groups is 2. The molecule has 1 aromatic heterocycles. The summed E-state index contributed by atoms with van der Waals surface area (Å²) in [7, 11) is 1.34. The predicted octanol–water partition coefficient (Wildman–Crippen LogP) is 4.73. The number of methoxy groups -OCH3 is 1. The zero-order chi connectivity index (χ0) is 22.5. The maximum Gasteiger partial charge on any atom is 0.337 e. The van der Waals surface area contributed by atoms with Gasteiger partial charge in [-0.3, -0.25) is 4.79 Å². The fraction of sp³-hybridized carbons (Fsp3) is 0.160. The summed E-state index contributed by atoms with van der Waals surface area (Å²) < 4.78 is 6.77. The van der Waals surface area contributed by atoms with Crippen molar-refractivity contribution < 1.29 is 14.3 Å². The number of ether oxygens (including phenoxy) is 1. The number of esters is 1. The van der Waals surface area contributed by atoms with Crippen LogP contribution in [0.1, 0.15) is 32.9 Å². The molecule has 156 valence electrons. The Morgan fingerprint density at radius 2 is 1.77 bits per heavy atom. The molecule has 3 aromatic rings. The molecule has 0 aliphatic carbocycles. The lowest BCUT2D eigenvalue weighted by atomic mass is 10.1. The summed E-state index contributed by atoms with van der Waals surface area (Å²) in [6.45, 7) is 5.78. The maximum atomic E-state index is 12.6. The van der Waals surface area contributed by atoms with E-state index in [0.29, 0.717) is 11.3 Å². The smallest absolute Gasteiger partial charge is 0.337 e. The molecular formula is C25H23N3O3. The van der Waals surface area contributed by atoms with E-state index in [9.17, 15) is 14.9 Å². The quantitative estimate of drug-likeness (QED) is 0.372. The van der Waals surface area contributed by atoms with Gasteiger partial charge < -0.3 is 14.6 Å². The van der Waals surface area contributed by atoms with E-state index in [-0.39, 0.29) is 5.57 Å². The van der Waals surface area contributed by atoms with Crippen molar-refractivity contribution in [2.75, 3.05) is 12.4 Å². The fourth-order valence-electron chi connectivity index (χ4n) is 3.36. The lowest BCUT2D eigenvalue weighted by Gasteiger charge is -2.11. The van der Waals surface area contributed by atoms with Crippen LogP contribution in [0.5, 0.6) is 0 Å². The van der Waals surface area contributed by atoms with Gasteiger partial charge in [0.05, 0.1) is 12.7 Å². The third-order valence-corrected chi connectivity index (χ3v) is 4.97. The van der Waals surface area contributed by atoms with Gasteiger partial charge in [-0.15, -0.1) is 0 Å². The van der Waals surface area contributed by atoms with Crippen LogP contribution in [-0.4, -0.2) is 23.6 Å².